The van der Waals surface area contributed by atoms with Crippen molar-refractivity contribution in [1.29, 1.82) is 0 Å². The Labute approximate surface area is 155 Å². The van der Waals surface area contributed by atoms with Gasteiger partial charge in [0.05, 0.1) is 4.90 Å². The Kier molecular flexibility index (Phi) is 5.11. The van der Waals surface area contributed by atoms with E-state index in [1.54, 1.807) is 36.4 Å². The largest absolute Gasteiger partial charge is 0.508 e. The van der Waals surface area contributed by atoms with Crippen molar-refractivity contribution >= 4 is 22.0 Å². The topological polar surface area (TPSA) is 109 Å². The predicted octanol–water partition coefficient (Wildman–Crippen LogP) is 2.62. The van der Waals surface area contributed by atoms with E-state index in [0.717, 1.165) is 21.2 Å². The number of phenols is 1. The molecule has 27 heavy (non-hydrogen) atoms. The Morgan fingerprint density at radius 1 is 0.963 bits per heavy atom. The van der Waals surface area contributed by atoms with E-state index in [0.29, 0.717) is 5.56 Å². The number of hydrogen-bond acceptors (Lipinski definition) is 5. The van der Waals surface area contributed by atoms with Gasteiger partial charge in [0.1, 0.15) is 5.75 Å². The first kappa shape index (κ1) is 18.4. The predicted molar refractivity (Wildman–Crippen MR) is 99.5 cm³/mol. The summed E-state index contributed by atoms with van der Waals surface area (Å²) in [6.07, 6.45) is 5.20. The lowest BCUT2D eigenvalue weighted by molar-refractivity contribution is -0.124. The molecule has 0 atom stereocenters. The quantitative estimate of drug-likeness (QED) is 0.356. The van der Waals surface area contributed by atoms with Crippen molar-refractivity contribution in [2.75, 3.05) is 0 Å². The van der Waals surface area contributed by atoms with E-state index in [-0.39, 0.29) is 10.6 Å². The van der Waals surface area contributed by atoms with Gasteiger partial charge in [0.2, 0.25) is 0 Å². The van der Waals surface area contributed by atoms with Crippen molar-refractivity contribution in [1.82, 2.24) is 9.45 Å². The smallest absolute Gasteiger partial charge is 0.267 e. The third-order valence-electron chi connectivity index (χ3n) is 3.86. The maximum Gasteiger partial charge on any atom is 0.267 e. The van der Waals surface area contributed by atoms with Gasteiger partial charge in [0.15, 0.2) is 0 Å². The van der Waals surface area contributed by atoms with Gasteiger partial charge in [-0.15, -0.1) is 0 Å². The Morgan fingerprint density at radius 2 is 1.56 bits per heavy atom. The minimum Gasteiger partial charge on any atom is -0.508 e. The lowest BCUT2D eigenvalue weighted by Gasteiger charge is -2.07. The molecule has 0 saturated heterocycles. The monoisotopic (exact) mass is 384 g/mol. The number of amides is 1. The van der Waals surface area contributed by atoms with Crippen LogP contribution in [0.5, 0.6) is 5.75 Å². The van der Waals surface area contributed by atoms with E-state index in [2.05, 4.69) is 0 Å². The highest BCUT2D eigenvalue weighted by atomic mass is 32.2. The minimum absolute atomic E-state index is 0.115. The lowest BCUT2D eigenvalue weighted by Crippen LogP contribution is -2.14. The van der Waals surface area contributed by atoms with Crippen LogP contribution in [0.4, 0.5) is 0 Å². The summed E-state index contributed by atoms with van der Waals surface area (Å²) in [6.45, 7) is 0. The molecule has 2 aromatic carbocycles. The molecule has 138 valence electrons. The zero-order valence-electron chi connectivity index (χ0n) is 14.0. The number of benzene rings is 2. The van der Waals surface area contributed by atoms with Crippen LogP contribution in [0.1, 0.15) is 5.56 Å². The number of rotatable bonds is 5. The molecular formula is C19H16N2O5S. The zero-order valence-corrected chi connectivity index (χ0v) is 14.8. The SMILES string of the molecule is O=C(C=Cc1ccn(S(=O)(=O)c2ccc(-c3ccc(O)cc3)cc2)c1)NO. The molecule has 0 aliphatic heterocycles. The Balaban J connectivity index is 1.85. The van der Waals surface area contributed by atoms with Gasteiger partial charge in [-0.2, -0.15) is 0 Å². The van der Waals surface area contributed by atoms with E-state index in [1.165, 1.54) is 42.1 Å². The Bertz CT molecular complexity index is 1080. The van der Waals surface area contributed by atoms with Gasteiger partial charge in [0, 0.05) is 18.5 Å². The maximum absolute atomic E-state index is 12.7. The second-order valence-corrected chi connectivity index (χ2v) is 7.50. The lowest BCUT2D eigenvalue weighted by atomic mass is 10.1. The number of hydroxylamine groups is 1. The van der Waals surface area contributed by atoms with Crippen molar-refractivity contribution in [2.24, 2.45) is 0 Å². The molecule has 8 heteroatoms. The van der Waals surface area contributed by atoms with E-state index >= 15 is 0 Å². The number of hydrogen-bond donors (Lipinski definition) is 3. The molecule has 7 nitrogen and oxygen atoms in total. The van der Waals surface area contributed by atoms with Gasteiger partial charge >= 0.3 is 0 Å². The number of nitrogens with one attached hydrogen (secondary N) is 1. The molecule has 0 radical (unpaired) electrons. The molecule has 0 aliphatic carbocycles. The summed E-state index contributed by atoms with van der Waals surface area (Å²) in [5, 5.41) is 17.8. The highest BCUT2D eigenvalue weighted by Crippen LogP contribution is 2.24. The number of aromatic nitrogens is 1. The minimum atomic E-state index is -3.78. The first-order chi connectivity index (χ1) is 12.9. The molecule has 0 bridgehead atoms. The maximum atomic E-state index is 12.7. The fourth-order valence-corrected chi connectivity index (χ4v) is 3.65. The molecule has 0 saturated carbocycles. The van der Waals surface area contributed by atoms with Crippen LogP contribution in [-0.4, -0.2) is 28.6 Å². The first-order valence-corrected chi connectivity index (χ1v) is 9.29. The molecule has 1 heterocycles. The fraction of sp³-hybridized carbons (Fsp3) is 0. The van der Waals surface area contributed by atoms with E-state index in [1.807, 2.05) is 0 Å². The second-order valence-electron chi connectivity index (χ2n) is 5.66. The van der Waals surface area contributed by atoms with Crippen LogP contribution in [0, 0.1) is 0 Å². The second kappa shape index (κ2) is 7.48. The highest BCUT2D eigenvalue weighted by molar-refractivity contribution is 7.90. The molecule has 3 aromatic rings. The first-order valence-electron chi connectivity index (χ1n) is 7.85. The van der Waals surface area contributed by atoms with Crippen LogP contribution < -0.4 is 5.48 Å². The van der Waals surface area contributed by atoms with E-state index in [4.69, 9.17) is 5.21 Å². The van der Waals surface area contributed by atoms with Crippen LogP contribution >= 0.6 is 0 Å². The van der Waals surface area contributed by atoms with E-state index in [9.17, 15) is 18.3 Å². The normalized spacial score (nSPS) is 11.6. The van der Waals surface area contributed by atoms with Crippen LogP contribution in [0.15, 0.2) is 78.0 Å². The van der Waals surface area contributed by atoms with Crippen molar-refractivity contribution < 1.29 is 23.5 Å². The summed E-state index contributed by atoms with van der Waals surface area (Å²) in [5.41, 5.74) is 3.62. The van der Waals surface area contributed by atoms with Crippen molar-refractivity contribution in [2.45, 2.75) is 4.90 Å². The van der Waals surface area contributed by atoms with Gasteiger partial charge in [-0.25, -0.2) is 17.9 Å². The third kappa shape index (κ3) is 4.08. The van der Waals surface area contributed by atoms with E-state index < -0.39 is 15.9 Å². The van der Waals surface area contributed by atoms with Gasteiger partial charge in [-0.05, 0) is 53.1 Å². The van der Waals surface area contributed by atoms with Gasteiger partial charge in [-0.3, -0.25) is 10.0 Å². The summed E-state index contributed by atoms with van der Waals surface area (Å²) in [6, 6.07) is 14.5. The molecule has 1 amide bonds. The molecule has 1 aromatic heterocycles. The standard InChI is InChI=1S/C19H16N2O5S/c22-17-6-2-15(3-7-17)16-4-8-18(9-5-16)27(25,26)21-12-11-14(13-21)1-10-19(23)20-24/h1-13,22,24H,(H,20,23). The summed E-state index contributed by atoms with van der Waals surface area (Å²) in [7, 11) is -3.78. The summed E-state index contributed by atoms with van der Waals surface area (Å²) in [5.74, 6) is -0.553. The van der Waals surface area contributed by atoms with Gasteiger partial charge < -0.3 is 5.11 Å². The zero-order chi connectivity index (χ0) is 19.4. The Hall–Kier alpha value is -3.36. The van der Waals surface area contributed by atoms with Crippen molar-refractivity contribution in [3.8, 4) is 16.9 Å². The van der Waals surface area contributed by atoms with Gasteiger partial charge in [-0.1, -0.05) is 24.3 Å². The number of nitrogens with zero attached hydrogens (tertiary/aromatic N) is 1. The molecule has 0 unspecified atom stereocenters. The average Bonchev–Trinajstić information content (AvgIpc) is 3.17. The number of carbonyl (C=O) groups excluding carboxylic acids is 1. The summed E-state index contributed by atoms with van der Waals surface area (Å²) >= 11 is 0. The molecule has 3 rings (SSSR count). The van der Waals surface area contributed by atoms with Crippen LogP contribution in [0.2, 0.25) is 0 Å². The highest BCUT2D eigenvalue weighted by Gasteiger charge is 2.16. The summed E-state index contributed by atoms with van der Waals surface area (Å²) in [4.78, 5) is 11.1. The molecule has 0 spiro atoms. The number of phenolic OH excluding ortho intramolecular Hbond substituents is 1. The number of aromatic hydroxyl groups is 1. The van der Waals surface area contributed by atoms with Gasteiger partial charge in [0.25, 0.3) is 15.9 Å². The third-order valence-corrected chi connectivity index (χ3v) is 5.51. The fourth-order valence-electron chi connectivity index (χ4n) is 2.44. The van der Waals surface area contributed by atoms with Crippen molar-refractivity contribution in [3.05, 3.63) is 78.6 Å². The van der Waals surface area contributed by atoms with Crippen LogP contribution in [-0.2, 0) is 14.8 Å². The van der Waals surface area contributed by atoms with Crippen molar-refractivity contribution in [3.63, 3.8) is 0 Å². The molecular weight excluding hydrogens is 368 g/mol. The average molecular weight is 384 g/mol. The summed E-state index contributed by atoms with van der Waals surface area (Å²) < 4.78 is 26.5. The van der Waals surface area contributed by atoms with Crippen LogP contribution in [0.25, 0.3) is 17.2 Å². The Morgan fingerprint density at radius 3 is 2.15 bits per heavy atom. The van der Waals surface area contributed by atoms with Crippen LogP contribution in [0.3, 0.4) is 0 Å². The molecule has 0 fully saturated rings. The number of carbonyl (C=O) groups is 1. The molecule has 0 aliphatic rings. The molecule has 3 N–H and O–H groups in total.